The second kappa shape index (κ2) is 6.57. The first-order valence-corrected chi connectivity index (χ1v) is 9.82. The molecule has 2 amide bonds. The van der Waals surface area contributed by atoms with Crippen LogP contribution < -0.4 is 16.2 Å². The number of nitrogens with zero attached hydrogens (tertiary/aromatic N) is 3. The molecule has 1 aliphatic carbocycles. The lowest BCUT2D eigenvalue weighted by molar-refractivity contribution is 0.249. The molecule has 3 heterocycles. The summed E-state index contributed by atoms with van der Waals surface area (Å²) in [6.07, 6.45) is 7.52. The number of nitrogens with one attached hydrogen (secondary N) is 2. The highest BCUT2D eigenvalue weighted by atomic mass is 32.1. The fourth-order valence-corrected chi connectivity index (χ4v) is 4.72. The van der Waals surface area contributed by atoms with Crippen molar-refractivity contribution in [2.45, 2.75) is 38.6 Å². The van der Waals surface area contributed by atoms with E-state index in [0.29, 0.717) is 4.96 Å². The second-order valence-corrected chi connectivity index (χ2v) is 7.97. The fourth-order valence-electron chi connectivity index (χ4n) is 2.88. The Bertz CT molecular complexity index is 966. The van der Waals surface area contributed by atoms with Gasteiger partial charge in [0.25, 0.3) is 5.56 Å². The Balaban J connectivity index is 1.46. The number of aryl methyl sites for hydroxylation is 2. The van der Waals surface area contributed by atoms with Crippen LogP contribution in [0.1, 0.15) is 41.4 Å². The van der Waals surface area contributed by atoms with Crippen molar-refractivity contribution in [3.05, 3.63) is 43.7 Å². The van der Waals surface area contributed by atoms with Gasteiger partial charge in [-0.05, 0) is 32.6 Å². The van der Waals surface area contributed by atoms with Gasteiger partial charge in [0.15, 0.2) is 4.96 Å². The maximum Gasteiger partial charge on any atom is 0.319 e. The van der Waals surface area contributed by atoms with Crippen LogP contribution in [-0.2, 0) is 12.8 Å². The van der Waals surface area contributed by atoms with Crippen LogP contribution in [0, 0.1) is 0 Å². The van der Waals surface area contributed by atoms with Crippen molar-refractivity contribution in [2.75, 3.05) is 5.32 Å². The Morgan fingerprint density at radius 3 is 3.04 bits per heavy atom. The molecule has 0 aliphatic heterocycles. The van der Waals surface area contributed by atoms with Crippen molar-refractivity contribution in [2.24, 2.45) is 0 Å². The molecule has 2 N–H and O–H groups in total. The third-order valence-corrected chi connectivity index (χ3v) is 6.28. The number of aromatic nitrogens is 3. The molecule has 3 aromatic heterocycles. The summed E-state index contributed by atoms with van der Waals surface area (Å²) >= 11 is 3.03. The molecular weight excluding hydrogens is 358 g/mol. The minimum absolute atomic E-state index is 0.152. The van der Waals surface area contributed by atoms with E-state index >= 15 is 0 Å². The maximum absolute atomic E-state index is 12.3. The molecule has 0 aromatic carbocycles. The smallest absolute Gasteiger partial charge is 0.319 e. The first-order valence-electron chi connectivity index (χ1n) is 8.12. The molecule has 130 valence electrons. The zero-order valence-electron chi connectivity index (χ0n) is 13.6. The van der Waals surface area contributed by atoms with Gasteiger partial charge in [0.1, 0.15) is 10.7 Å². The number of fused-ring (bicyclic) bond motifs is 2. The molecule has 0 bridgehead atoms. The lowest BCUT2D eigenvalue weighted by atomic mass is 10.0. The lowest BCUT2D eigenvalue weighted by Gasteiger charge is -2.12. The Hall–Kier alpha value is -2.26. The Labute approximate surface area is 151 Å². The van der Waals surface area contributed by atoms with E-state index in [-0.39, 0.29) is 17.3 Å². The quantitative estimate of drug-likeness (QED) is 0.737. The van der Waals surface area contributed by atoms with Gasteiger partial charge in [-0.2, -0.15) is 0 Å². The zero-order chi connectivity index (χ0) is 17.4. The number of amides is 2. The Morgan fingerprint density at radius 1 is 1.36 bits per heavy atom. The number of urea groups is 1. The number of rotatable bonds is 3. The summed E-state index contributed by atoms with van der Waals surface area (Å²) in [6.45, 7) is 1.90. The molecule has 0 fully saturated rings. The van der Waals surface area contributed by atoms with E-state index in [0.717, 1.165) is 17.8 Å². The van der Waals surface area contributed by atoms with Crippen molar-refractivity contribution >= 4 is 39.4 Å². The summed E-state index contributed by atoms with van der Waals surface area (Å²) < 4.78 is 1.42. The molecule has 4 rings (SSSR count). The van der Waals surface area contributed by atoms with Crippen molar-refractivity contribution < 1.29 is 4.79 Å². The first kappa shape index (κ1) is 16.2. The van der Waals surface area contributed by atoms with Crippen LogP contribution in [0.25, 0.3) is 4.96 Å². The Kier molecular flexibility index (Phi) is 4.26. The second-order valence-electron chi connectivity index (χ2n) is 5.98. The van der Waals surface area contributed by atoms with E-state index in [9.17, 15) is 9.59 Å². The summed E-state index contributed by atoms with van der Waals surface area (Å²) in [5.41, 5.74) is 1.03. The normalized spacial score (nSPS) is 14.9. The predicted octanol–water partition coefficient (Wildman–Crippen LogP) is 2.97. The SMILES string of the molecule is CC(NC(=O)Nc1cnc2sccn2c1=O)c1nc2c(s1)CCCC2. The van der Waals surface area contributed by atoms with Crippen molar-refractivity contribution in [1.82, 2.24) is 19.7 Å². The number of anilines is 1. The number of hydrogen-bond donors (Lipinski definition) is 2. The molecule has 0 saturated heterocycles. The van der Waals surface area contributed by atoms with E-state index < -0.39 is 6.03 Å². The number of thiazole rings is 2. The molecule has 0 spiro atoms. The summed E-state index contributed by atoms with van der Waals surface area (Å²) in [7, 11) is 0. The molecule has 1 aliphatic rings. The molecule has 25 heavy (non-hydrogen) atoms. The van der Waals surface area contributed by atoms with Crippen LogP contribution in [-0.4, -0.2) is 20.4 Å². The molecule has 1 unspecified atom stereocenters. The van der Waals surface area contributed by atoms with Gasteiger partial charge in [0.2, 0.25) is 0 Å². The highest BCUT2D eigenvalue weighted by Gasteiger charge is 2.20. The molecule has 7 nitrogen and oxygen atoms in total. The Morgan fingerprint density at radius 2 is 2.20 bits per heavy atom. The van der Waals surface area contributed by atoms with Crippen LogP contribution in [0.15, 0.2) is 22.6 Å². The van der Waals surface area contributed by atoms with Gasteiger partial charge >= 0.3 is 6.03 Å². The molecule has 0 saturated carbocycles. The van der Waals surface area contributed by atoms with Crippen LogP contribution >= 0.6 is 22.7 Å². The predicted molar refractivity (Wildman–Crippen MR) is 98.7 cm³/mol. The molecule has 9 heteroatoms. The van der Waals surface area contributed by atoms with E-state index in [4.69, 9.17) is 0 Å². The standard InChI is InChI=1S/C16H17N5O2S2/c1-9(13-19-10-4-2-3-5-12(10)25-13)18-15(23)20-11-8-17-16-21(14(11)22)6-7-24-16/h6-9H,2-5H2,1H3,(H2,18,20,23). The summed E-state index contributed by atoms with van der Waals surface area (Å²) in [5, 5.41) is 8.12. The van der Waals surface area contributed by atoms with E-state index in [1.54, 1.807) is 22.9 Å². The van der Waals surface area contributed by atoms with E-state index in [1.807, 2.05) is 6.92 Å². The van der Waals surface area contributed by atoms with Crippen molar-refractivity contribution in [3.63, 3.8) is 0 Å². The maximum atomic E-state index is 12.3. The monoisotopic (exact) mass is 375 g/mol. The topological polar surface area (TPSA) is 88.4 Å². The van der Waals surface area contributed by atoms with Gasteiger partial charge in [0, 0.05) is 16.5 Å². The summed E-state index contributed by atoms with van der Waals surface area (Å²) in [5.74, 6) is 0. The van der Waals surface area contributed by atoms with E-state index in [1.165, 1.54) is 45.3 Å². The zero-order valence-corrected chi connectivity index (χ0v) is 15.2. The van der Waals surface area contributed by atoms with Gasteiger partial charge in [0.05, 0.1) is 17.9 Å². The third kappa shape index (κ3) is 3.16. The summed E-state index contributed by atoms with van der Waals surface area (Å²) in [6, 6.07) is -0.647. The van der Waals surface area contributed by atoms with E-state index in [2.05, 4.69) is 20.6 Å². The molecular formula is C16H17N5O2S2. The first-order chi connectivity index (χ1) is 12.1. The average Bonchev–Trinajstić information content (AvgIpc) is 3.24. The minimum atomic E-state index is -0.435. The minimum Gasteiger partial charge on any atom is -0.329 e. The van der Waals surface area contributed by atoms with Gasteiger partial charge in [-0.15, -0.1) is 22.7 Å². The number of carbonyl (C=O) groups is 1. The summed E-state index contributed by atoms with van der Waals surface area (Å²) in [4.78, 5) is 35.3. The average molecular weight is 375 g/mol. The van der Waals surface area contributed by atoms with Crippen LogP contribution in [0.3, 0.4) is 0 Å². The van der Waals surface area contributed by atoms with Crippen LogP contribution in [0.4, 0.5) is 10.5 Å². The number of hydrogen-bond acceptors (Lipinski definition) is 6. The third-order valence-electron chi connectivity index (χ3n) is 4.17. The van der Waals surface area contributed by atoms with Gasteiger partial charge < -0.3 is 10.6 Å². The molecule has 0 radical (unpaired) electrons. The highest BCUT2D eigenvalue weighted by Crippen LogP contribution is 2.29. The number of carbonyl (C=O) groups excluding carboxylic acids is 1. The van der Waals surface area contributed by atoms with Crippen molar-refractivity contribution in [3.8, 4) is 0 Å². The van der Waals surface area contributed by atoms with Gasteiger partial charge in [-0.25, -0.2) is 14.8 Å². The lowest BCUT2D eigenvalue weighted by Crippen LogP contribution is -2.33. The molecule has 1 atom stereocenters. The highest BCUT2D eigenvalue weighted by molar-refractivity contribution is 7.15. The van der Waals surface area contributed by atoms with Crippen LogP contribution in [0.5, 0.6) is 0 Å². The molecule has 3 aromatic rings. The van der Waals surface area contributed by atoms with Gasteiger partial charge in [-0.1, -0.05) is 0 Å². The van der Waals surface area contributed by atoms with Gasteiger partial charge in [-0.3, -0.25) is 9.20 Å². The fraction of sp³-hybridized carbons (Fsp3) is 0.375. The van der Waals surface area contributed by atoms with Crippen LogP contribution in [0.2, 0.25) is 0 Å². The largest absolute Gasteiger partial charge is 0.329 e. The van der Waals surface area contributed by atoms with Crippen molar-refractivity contribution in [1.29, 1.82) is 0 Å².